The maximum atomic E-state index is 6.80. The highest BCUT2D eigenvalue weighted by Gasteiger charge is 2.47. The third kappa shape index (κ3) is 4.19. The second-order valence-corrected chi connectivity index (χ2v) is 11.6. The number of piperidine rings is 1. The van der Waals surface area contributed by atoms with Crippen molar-refractivity contribution in [3.63, 3.8) is 0 Å². The van der Waals surface area contributed by atoms with Gasteiger partial charge in [0.15, 0.2) is 5.82 Å². The van der Waals surface area contributed by atoms with Gasteiger partial charge in [0.25, 0.3) is 0 Å². The maximum Gasteiger partial charge on any atom is 0.150 e. The lowest BCUT2D eigenvalue weighted by molar-refractivity contribution is 0.202. The molecule has 0 amide bonds. The third-order valence-corrected chi connectivity index (χ3v) is 9.51. The van der Waals surface area contributed by atoms with Crippen LogP contribution in [-0.4, -0.2) is 46.8 Å². The van der Waals surface area contributed by atoms with Gasteiger partial charge in [-0.2, -0.15) is 0 Å². The quantitative estimate of drug-likeness (QED) is 0.451. The van der Waals surface area contributed by atoms with Crippen molar-refractivity contribution in [2.24, 2.45) is 17.1 Å². The van der Waals surface area contributed by atoms with Crippen LogP contribution in [0, 0.1) is 18.3 Å². The zero-order chi connectivity index (χ0) is 23.4. The number of halogens is 1. The molecule has 0 aromatic carbocycles. The highest BCUT2D eigenvalue weighted by Crippen LogP contribution is 2.52. The van der Waals surface area contributed by atoms with E-state index < -0.39 is 0 Å². The first-order valence-electron chi connectivity index (χ1n) is 12.2. The van der Waals surface area contributed by atoms with Crippen molar-refractivity contribution >= 4 is 35.0 Å². The maximum absolute atomic E-state index is 6.80. The number of hydrogen-bond donors (Lipinski definition) is 2. The average molecular weight is 499 g/mol. The van der Waals surface area contributed by atoms with Gasteiger partial charge in [-0.3, -0.25) is 0 Å². The number of epoxide rings is 1. The Balaban J connectivity index is 1.23. The molecule has 9 heteroatoms. The monoisotopic (exact) mass is 498 g/mol. The summed E-state index contributed by atoms with van der Waals surface area (Å²) in [6.07, 6.45) is 11.1. The summed E-state index contributed by atoms with van der Waals surface area (Å²) in [6.45, 7) is 4.73. The van der Waals surface area contributed by atoms with Crippen LogP contribution in [0.4, 0.5) is 11.6 Å². The molecule has 3 fully saturated rings. The lowest BCUT2D eigenvalue weighted by Crippen LogP contribution is -2.48. The minimum atomic E-state index is 0.227. The van der Waals surface area contributed by atoms with Crippen molar-refractivity contribution in [1.82, 2.24) is 15.0 Å². The lowest BCUT2D eigenvalue weighted by Gasteiger charge is -2.43. The molecular weight excluding hydrogens is 468 g/mol. The smallest absolute Gasteiger partial charge is 0.150 e. The zero-order valence-corrected chi connectivity index (χ0v) is 21.0. The molecule has 4 heterocycles. The van der Waals surface area contributed by atoms with Crippen LogP contribution < -0.4 is 16.4 Å². The first-order valence-corrected chi connectivity index (χ1v) is 13.4. The van der Waals surface area contributed by atoms with Gasteiger partial charge in [-0.05, 0) is 56.4 Å². The van der Waals surface area contributed by atoms with Gasteiger partial charge in [0.1, 0.15) is 10.8 Å². The molecule has 2 saturated heterocycles. The van der Waals surface area contributed by atoms with Crippen LogP contribution in [-0.2, 0) is 11.2 Å². The van der Waals surface area contributed by atoms with E-state index in [2.05, 4.69) is 16.0 Å². The van der Waals surface area contributed by atoms with Crippen LogP contribution in [0.1, 0.15) is 43.5 Å². The Hall–Kier alpha value is -1.87. The largest absolute Gasteiger partial charge is 0.382 e. The molecule has 0 bridgehead atoms. The fourth-order valence-corrected chi connectivity index (χ4v) is 6.59. The Labute approximate surface area is 209 Å². The van der Waals surface area contributed by atoms with E-state index in [1.807, 2.05) is 13.0 Å². The number of aromatic nitrogens is 3. The van der Waals surface area contributed by atoms with E-state index in [-0.39, 0.29) is 17.6 Å². The van der Waals surface area contributed by atoms with Gasteiger partial charge in [-0.1, -0.05) is 35.0 Å². The number of anilines is 2. The fraction of sp³-hybridized carbons (Fsp3) is 0.560. The lowest BCUT2D eigenvalue weighted by atomic mass is 9.72. The highest BCUT2D eigenvalue weighted by molar-refractivity contribution is 7.99. The molecule has 2 aromatic heterocycles. The molecule has 4 aliphatic rings. The summed E-state index contributed by atoms with van der Waals surface area (Å²) >= 11 is 7.88. The Morgan fingerprint density at radius 1 is 1.26 bits per heavy atom. The number of ether oxygens (including phenoxy) is 1. The number of nitrogens with zero attached hydrogens (tertiary/aromatic N) is 4. The molecule has 7 nitrogen and oxygen atoms in total. The Bertz CT molecular complexity index is 1140. The third-order valence-electron chi connectivity index (χ3n) is 7.86. The summed E-state index contributed by atoms with van der Waals surface area (Å²) in [5, 5.41) is 1.30. The number of nitrogen functional groups attached to an aromatic ring is 1. The molecule has 180 valence electrons. The molecular formula is C25H31ClN6OS. The van der Waals surface area contributed by atoms with Gasteiger partial charge in [-0.25, -0.2) is 15.0 Å². The summed E-state index contributed by atoms with van der Waals surface area (Å²) in [6, 6.07) is 2.09. The molecule has 2 aliphatic heterocycles. The standard InChI is InChI=1S/C25H31ClN6OS/c1-14-24(34-19-5-9-29-22(28)20(19)26)31-18(12-16-13-33-16)23(30-14)32-10-7-25(8-11-32)6-4-17(21(25)27)15-2-3-15/h4-5,9,15-16,21H,2-3,6-8,10-13,27H2,1H3,(H2,28,29)/t16?,21-/m1/s1. The molecule has 1 spiro atoms. The summed E-state index contributed by atoms with van der Waals surface area (Å²) in [4.78, 5) is 17.4. The Morgan fingerprint density at radius 2 is 2.03 bits per heavy atom. The number of pyridine rings is 1. The number of rotatable bonds is 6. The Kier molecular flexibility index (Phi) is 5.75. The van der Waals surface area contributed by atoms with Crippen molar-refractivity contribution in [1.29, 1.82) is 0 Å². The van der Waals surface area contributed by atoms with Gasteiger partial charge < -0.3 is 21.1 Å². The minimum absolute atomic E-state index is 0.227. The minimum Gasteiger partial charge on any atom is -0.382 e. The van der Waals surface area contributed by atoms with E-state index in [0.717, 1.165) is 78.4 Å². The van der Waals surface area contributed by atoms with E-state index in [1.54, 1.807) is 6.20 Å². The first-order chi connectivity index (χ1) is 16.4. The predicted octanol–water partition coefficient (Wildman–Crippen LogP) is 4.16. The number of nitrogens with two attached hydrogens (primary N) is 2. The van der Waals surface area contributed by atoms with E-state index in [1.165, 1.54) is 30.2 Å². The number of hydrogen-bond acceptors (Lipinski definition) is 8. The number of allylic oxidation sites excluding steroid dienone is 1. The van der Waals surface area contributed by atoms with E-state index in [4.69, 9.17) is 37.8 Å². The van der Waals surface area contributed by atoms with Crippen LogP contribution in [0.15, 0.2) is 33.8 Å². The molecule has 1 saturated carbocycles. The first kappa shape index (κ1) is 22.6. The zero-order valence-electron chi connectivity index (χ0n) is 19.5. The van der Waals surface area contributed by atoms with Gasteiger partial charge in [0, 0.05) is 36.6 Å². The Morgan fingerprint density at radius 3 is 2.74 bits per heavy atom. The van der Waals surface area contributed by atoms with Gasteiger partial charge in [-0.15, -0.1) is 0 Å². The van der Waals surface area contributed by atoms with Crippen LogP contribution in [0.5, 0.6) is 0 Å². The predicted molar refractivity (Wildman–Crippen MR) is 135 cm³/mol. The highest BCUT2D eigenvalue weighted by atomic mass is 35.5. The molecule has 6 rings (SSSR count). The molecule has 4 N–H and O–H groups in total. The molecule has 34 heavy (non-hydrogen) atoms. The van der Waals surface area contributed by atoms with Crippen LogP contribution in [0.25, 0.3) is 0 Å². The molecule has 2 aliphatic carbocycles. The van der Waals surface area contributed by atoms with Crippen molar-refractivity contribution in [2.75, 3.05) is 30.3 Å². The normalized spacial score (nSPS) is 25.6. The fourth-order valence-electron chi connectivity index (χ4n) is 5.48. The van der Waals surface area contributed by atoms with Gasteiger partial charge in [0.05, 0.1) is 29.1 Å². The topological polar surface area (TPSA) is 106 Å². The van der Waals surface area contributed by atoms with Gasteiger partial charge in [0.2, 0.25) is 0 Å². The summed E-state index contributed by atoms with van der Waals surface area (Å²) < 4.78 is 5.55. The van der Waals surface area contributed by atoms with Crippen molar-refractivity contribution in [3.05, 3.63) is 40.3 Å². The SMILES string of the molecule is Cc1nc(N2CCC3(CC=C(C4CC4)[C@H]3N)CC2)c(CC2CO2)nc1Sc1ccnc(N)c1Cl. The molecule has 2 atom stereocenters. The molecule has 2 aromatic rings. The summed E-state index contributed by atoms with van der Waals surface area (Å²) in [5.41, 5.74) is 16.3. The van der Waals surface area contributed by atoms with Crippen LogP contribution >= 0.6 is 23.4 Å². The molecule has 0 radical (unpaired) electrons. The van der Waals surface area contributed by atoms with Crippen molar-refractivity contribution in [2.45, 2.75) is 67.5 Å². The second-order valence-electron chi connectivity index (χ2n) is 10.2. The van der Waals surface area contributed by atoms with E-state index in [0.29, 0.717) is 10.8 Å². The summed E-state index contributed by atoms with van der Waals surface area (Å²) in [5.74, 6) is 2.09. The van der Waals surface area contributed by atoms with E-state index in [9.17, 15) is 0 Å². The van der Waals surface area contributed by atoms with E-state index >= 15 is 0 Å². The second kappa shape index (κ2) is 8.66. The van der Waals surface area contributed by atoms with Crippen LogP contribution in [0.2, 0.25) is 5.02 Å². The number of aryl methyl sites for hydroxylation is 1. The average Bonchev–Trinajstić information content (AvgIpc) is 3.76. The van der Waals surface area contributed by atoms with Crippen molar-refractivity contribution < 1.29 is 4.74 Å². The van der Waals surface area contributed by atoms with Crippen molar-refractivity contribution in [3.8, 4) is 0 Å². The van der Waals surface area contributed by atoms with Gasteiger partial charge >= 0.3 is 0 Å². The summed E-state index contributed by atoms with van der Waals surface area (Å²) in [7, 11) is 0. The van der Waals surface area contributed by atoms with Crippen LogP contribution in [0.3, 0.4) is 0 Å². The molecule has 1 unspecified atom stereocenters.